The average Bonchev–Trinajstić information content (AvgIpc) is 2.71. The maximum atomic E-state index is 12.4. The first-order valence-corrected chi connectivity index (χ1v) is 8.87. The molecule has 0 aliphatic rings. The molecule has 0 aliphatic heterocycles. The molecule has 2 N–H and O–H groups in total. The van der Waals surface area contributed by atoms with Crippen molar-refractivity contribution >= 4 is 16.9 Å². The smallest absolute Gasteiger partial charge is 0.422 e. The van der Waals surface area contributed by atoms with E-state index in [4.69, 9.17) is 0 Å². The Bertz CT molecular complexity index is 1180. The van der Waals surface area contributed by atoms with Gasteiger partial charge in [0.05, 0.1) is 11.0 Å². The molecule has 0 atom stereocenters. The lowest BCUT2D eigenvalue weighted by atomic mass is 10.1. The summed E-state index contributed by atoms with van der Waals surface area (Å²) < 4.78 is 42.2. The molecular weight excluding hydrogens is 405 g/mol. The number of carbonyl (C=O) groups is 1. The summed E-state index contributed by atoms with van der Waals surface area (Å²) in [5.74, 6) is -0.618. The highest BCUT2D eigenvalue weighted by atomic mass is 19.4. The minimum atomic E-state index is -4.45. The van der Waals surface area contributed by atoms with E-state index < -0.39 is 29.8 Å². The van der Waals surface area contributed by atoms with E-state index in [1.807, 2.05) is 0 Å². The lowest BCUT2D eigenvalue weighted by Crippen LogP contribution is -2.36. The van der Waals surface area contributed by atoms with Crippen LogP contribution in [0.5, 0.6) is 5.88 Å². The second-order valence-corrected chi connectivity index (χ2v) is 6.33. The van der Waals surface area contributed by atoms with Crippen LogP contribution in [0.1, 0.15) is 22.8 Å². The van der Waals surface area contributed by atoms with Crippen LogP contribution in [0, 0.1) is 0 Å². The summed E-state index contributed by atoms with van der Waals surface area (Å²) in [6.45, 7) is 0.676. The summed E-state index contributed by atoms with van der Waals surface area (Å²) in [6, 6.07) is 7.31. The zero-order valence-electron chi connectivity index (χ0n) is 15.7. The Kier molecular flexibility index (Phi) is 5.90. The van der Waals surface area contributed by atoms with Crippen molar-refractivity contribution in [2.24, 2.45) is 0 Å². The Morgan fingerprint density at radius 1 is 1.23 bits per heavy atom. The topological polar surface area (TPSA) is 106 Å². The molecule has 30 heavy (non-hydrogen) atoms. The highest BCUT2D eigenvalue weighted by Gasteiger charge is 2.28. The first-order valence-electron chi connectivity index (χ1n) is 8.87. The normalized spacial score (nSPS) is 11.5. The average molecular weight is 422 g/mol. The second-order valence-electron chi connectivity index (χ2n) is 6.33. The van der Waals surface area contributed by atoms with Crippen molar-refractivity contribution in [2.45, 2.75) is 26.2 Å². The third-order valence-corrected chi connectivity index (χ3v) is 4.19. The van der Waals surface area contributed by atoms with Gasteiger partial charge in [0.2, 0.25) is 5.88 Å². The fourth-order valence-electron chi connectivity index (χ4n) is 2.78. The van der Waals surface area contributed by atoms with E-state index in [1.54, 1.807) is 13.0 Å². The van der Waals surface area contributed by atoms with Crippen LogP contribution in [0.2, 0.25) is 0 Å². The number of fused-ring (bicyclic) bond motifs is 1. The number of hydrogen-bond donors (Lipinski definition) is 2. The maximum absolute atomic E-state index is 12.4. The van der Waals surface area contributed by atoms with E-state index in [0.29, 0.717) is 23.1 Å². The van der Waals surface area contributed by atoms with Crippen LogP contribution in [-0.2, 0) is 13.1 Å². The van der Waals surface area contributed by atoms with Gasteiger partial charge in [-0.3, -0.25) is 14.4 Å². The van der Waals surface area contributed by atoms with Gasteiger partial charge in [0.25, 0.3) is 5.91 Å². The fourth-order valence-corrected chi connectivity index (χ4v) is 2.78. The number of benzene rings is 1. The van der Waals surface area contributed by atoms with E-state index in [9.17, 15) is 27.6 Å². The molecule has 3 rings (SSSR count). The van der Waals surface area contributed by atoms with Crippen LogP contribution in [0.4, 0.5) is 13.2 Å². The van der Waals surface area contributed by atoms with Crippen molar-refractivity contribution in [3.8, 4) is 5.88 Å². The van der Waals surface area contributed by atoms with Crippen molar-refractivity contribution in [1.29, 1.82) is 0 Å². The molecule has 0 fully saturated rings. The zero-order valence-corrected chi connectivity index (χ0v) is 15.7. The lowest BCUT2D eigenvalue weighted by molar-refractivity contribution is -0.154. The number of aromatic nitrogens is 3. The number of halogens is 3. The SMILES string of the molecule is CCn1c(=O)c(=O)[nH]c2cc(C(=O)NCc3ccc(OCC(F)(F)F)nc3)ccc21. The lowest BCUT2D eigenvalue weighted by Gasteiger charge is -2.10. The Morgan fingerprint density at radius 3 is 2.63 bits per heavy atom. The number of aryl methyl sites for hydroxylation is 1. The van der Waals surface area contributed by atoms with E-state index in [1.165, 1.54) is 35.0 Å². The Labute approximate surface area is 167 Å². The number of nitrogens with one attached hydrogen (secondary N) is 2. The monoisotopic (exact) mass is 422 g/mol. The van der Waals surface area contributed by atoms with Crippen LogP contribution in [-0.4, -0.2) is 33.2 Å². The van der Waals surface area contributed by atoms with Crippen molar-refractivity contribution in [2.75, 3.05) is 6.61 Å². The molecule has 8 nitrogen and oxygen atoms in total. The van der Waals surface area contributed by atoms with Crippen LogP contribution in [0.3, 0.4) is 0 Å². The molecule has 11 heteroatoms. The highest BCUT2D eigenvalue weighted by molar-refractivity contribution is 5.97. The van der Waals surface area contributed by atoms with Gasteiger partial charge < -0.3 is 19.6 Å². The molecule has 0 aliphatic carbocycles. The van der Waals surface area contributed by atoms with Gasteiger partial charge in [-0.05, 0) is 30.7 Å². The predicted octanol–water partition coefficient (Wildman–Crippen LogP) is 1.98. The fraction of sp³-hybridized carbons (Fsp3) is 0.263. The zero-order chi connectivity index (χ0) is 21.9. The van der Waals surface area contributed by atoms with E-state index >= 15 is 0 Å². The second kappa shape index (κ2) is 8.39. The first kappa shape index (κ1) is 21.1. The van der Waals surface area contributed by atoms with Gasteiger partial charge in [0.1, 0.15) is 0 Å². The van der Waals surface area contributed by atoms with E-state index in [2.05, 4.69) is 20.0 Å². The first-order chi connectivity index (χ1) is 14.2. The molecule has 2 heterocycles. The Hall–Kier alpha value is -3.63. The molecule has 0 saturated carbocycles. The summed E-state index contributed by atoms with van der Waals surface area (Å²) in [5.41, 5.74) is 0.215. The van der Waals surface area contributed by atoms with Crippen LogP contribution in [0.25, 0.3) is 11.0 Å². The van der Waals surface area contributed by atoms with Crippen LogP contribution < -0.4 is 21.2 Å². The molecule has 158 valence electrons. The highest BCUT2D eigenvalue weighted by Crippen LogP contribution is 2.17. The van der Waals surface area contributed by atoms with E-state index in [0.717, 1.165) is 0 Å². The summed E-state index contributed by atoms with van der Waals surface area (Å²) >= 11 is 0. The Morgan fingerprint density at radius 2 is 2.00 bits per heavy atom. The van der Waals surface area contributed by atoms with Crippen molar-refractivity contribution in [3.05, 3.63) is 68.4 Å². The predicted molar refractivity (Wildman–Crippen MR) is 101 cm³/mol. The standard InChI is InChI=1S/C19H17F3N4O4/c1-2-26-14-5-4-12(7-13(14)25-17(28)18(26)29)16(27)24-9-11-3-6-15(23-8-11)30-10-19(20,21)22/h3-8H,2,9-10H2,1H3,(H,24,27)(H,25,28). The molecule has 0 bridgehead atoms. The third-order valence-electron chi connectivity index (χ3n) is 4.19. The molecule has 1 amide bonds. The largest absolute Gasteiger partial charge is 0.468 e. The van der Waals surface area contributed by atoms with Gasteiger partial charge >= 0.3 is 17.3 Å². The van der Waals surface area contributed by atoms with Gasteiger partial charge in [-0.15, -0.1) is 0 Å². The minimum Gasteiger partial charge on any atom is -0.468 e. The van der Waals surface area contributed by atoms with Crippen LogP contribution >= 0.6 is 0 Å². The summed E-state index contributed by atoms with van der Waals surface area (Å²) in [6.07, 6.45) is -3.16. The molecule has 0 spiro atoms. The number of aromatic amines is 1. The Balaban J connectivity index is 1.69. The number of hydrogen-bond acceptors (Lipinski definition) is 5. The number of pyridine rings is 1. The van der Waals surface area contributed by atoms with Crippen molar-refractivity contribution in [3.63, 3.8) is 0 Å². The van der Waals surface area contributed by atoms with Crippen molar-refractivity contribution in [1.82, 2.24) is 19.9 Å². The number of carbonyl (C=O) groups excluding carboxylic acids is 1. The summed E-state index contributed by atoms with van der Waals surface area (Å²) in [7, 11) is 0. The summed E-state index contributed by atoms with van der Waals surface area (Å²) in [4.78, 5) is 42.3. The van der Waals surface area contributed by atoms with Crippen molar-refractivity contribution < 1.29 is 22.7 Å². The number of amides is 1. The number of nitrogens with zero attached hydrogens (tertiary/aromatic N) is 2. The van der Waals surface area contributed by atoms with E-state index in [-0.39, 0.29) is 18.0 Å². The minimum absolute atomic E-state index is 0.0778. The van der Waals surface area contributed by atoms with Gasteiger partial charge in [-0.25, -0.2) is 4.98 Å². The molecule has 3 aromatic rings. The molecular formula is C19H17F3N4O4. The third kappa shape index (κ3) is 4.85. The molecule has 2 aromatic heterocycles. The summed E-state index contributed by atoms with van der Waals surface area (Å²) in [5, 5.41) is 2.65. The molecule has 0 radical (unpaired) electrons. The molecule has 0 unspecified atom stereocenters. The number of alkyl halides is 3. The quantitative estimate of drug-likeness (QED) is 0.591. The molecule has 0 saturated heterocycles. The molecule has 1 aromatic carbocycles. The number of ether oxygens (including phenoxy) is 1. The van der Waals surface area contributed by atoms with Gasteiger partial charge in [0.15, 0.2) is 6.61 Å². The van der Waals surface area contributed by atoms with Gasteiger partial charge in [-0.1, -0.05) is 6.07 Å². The maximum Gasteiger partial charge on any atom is 0.422 e. The number of H-pyrrole nitrogens is 1. The number of rotatable bonds is 6. The van der Waals surface area contributed by atoms with Gasteiger partial charge in [0, 0.05) is 30.9 Å². The van der Waals surface area contributed by atoms with Crippen LogP contribution in [0.15, 0.2) is 46.1 Å². The van der Waals surface area contributed by atoms with Gasteiger partial charge in [-0.2, -0.15) is 13.2 Å².